The maximum Gasteiger partial charge on any atom is 0.187 e. The zero-order valence-electron chi connectivity index (χ0n) is 40.3. The summed E-state index contributed by atoms with van der Waals surface area (Å²) < 4.78 is 37.9. The molecule has 7 fully saturated rings. The van der Waals surface area contributed by atoms with E-state index < -0.39 is 163 Å². The normalized spacial score (nSPS) is 52.9. The molecule has 388 valence electrons. The fourth-order valence-corrected chi connectivity index (χ4v) is 14.9. The van der Waals surface area contributed by atoms with Gasteiger partial charge >= 0.3 is 0 Å². The van der Waals surface area contributed by atoms with Crippen molar-refractivity contribution >= 4 is 0 Å². The Labute approximate surface area is 393 Å². The fraction of sp³-hybridized carbons (Fsp3) is 0.958. The highest BCUT2D eigenvalue weighted by molar-refractivity contribution is 5.22. The minimum absolute atomic E-state index is 0.110. The minimum Gasteiger partial charge on any atom is -0.394 e. The monoisotopic (exact) mass is 963 g/mol. The van der Waals surface area contributed by atoms with Crippen molar-refractivity contribution in [2.45, 2.75) is 223 Å². The van der Waals surface area contributed by atoms with E-state index in [9.17, 15) is 66.4 Å². The van der Waals surface area contributed by atoms with Crippen LogP contribution >= 0.6 is 0 Å². The van der Waals surface area contributed by atoms with E-state index in [0.717, 1.165) is 5.57 Å². The third kappa shape index (κ3) is 9.03. The summed E-state index contributed by atoms with van der Waals surface area (Å²) in [6.07, 6.45) is -20.0. The second-order valence-corrected chi connectivity index (χ2v) is 23.1. The lowest BCUT2D eigenvalue weighted by Crippen LogP contribution is -2.71. The Hall–Kier alpha value is -1.02. The molecule has 2 unspecified atom stereocenters. The summed E-state index contributed by atoms with van der Waals surface area (Å²) in [4.78, 5) is 0. The maximum absolute atomic E-state index is 12.7. The third-order valence-electron chi connectivity index (χ3n) is 18.7. The van der Waals surface area contributed by atoms with Crippen LogP contribution in [0.25, 0.3) is 0 Å². The number of ether oxygens (including phenoxy) is 6. The highest BCUT2D eigenvalue weighted by Crippen LogP contribution is 2.76. The van der Waals surface area contributed by atoms with Gasteiger partial charge in [0.15, 0.2) is 18.9 Å². The van der Waals surface area contributed by atoms with Gasteiger partial charge in [-0.05, 0) is 117 Å². The predicted molar refractivity (Wildman–Crippen MR) is 235 cm³/mol. The van der Waals surface area contributed by atoms with Gasteiger partial charge in [0.1, 0.15) is 73.2 Å². The first-order valence-electron chi connectivity index (χ1n) is 24.5. The van der Waals surface area contributed by atoms with Crippen molar-refractivity contribution in [1.82, 2.24) is 0 Å². The molecule has 3 saturated heterocycles. The molecule has 0 bridgehead atoms. The molecule has 4 aliphatic carbocycles. The predicted octanol–water partition coefficient (Wildman–Crippen LogP) is -1.06. The number of hydrogen-bond donors (Lipinski definition) is 13. The molecule has 0 radical (unpaired) electrons. The second-order valence-electron chi connectivity index (χ2n) is 23.1. The van der Waals surface area contributed by atoms with E-state index in [2.05, 4.69) is 26.8 Å². The van der Waals surface area contributed by atoms with Crippen molar-refractivity contribution in [3.63, 3.8) is 0 Å². The van der Waals surface area contributed by atoms with Crippen LogP contribution in [0.4, 0.5) is 0 Å². The Kier molecular flexibility index (Phi) is 15.9. The van der Waals surface area contributed by atoms with Crippen LogP contribution < -0.4 is 0 Å². The number of aliphatic hydroxyl groups is 13. The summed E-state index contributed by atoms with van der Waals surface area (Å²) in [5.41, 5.74) is -2.56. The summed E-state index contributed by atoms with van der Waals surface area (Å²) in [5.74, 6) is -1.22. The summed E-state index contributed by atoms with van der Waals surface area (Å²) >= 11 is 0. The van der Waals surface area contributed by atoms with Gasteiger partial charge in [0.2, 0.25) is 0 Å². The summed E-state index contributed by atoms with van der Waals surface area (Å²) in [7, 11) is 0. The largest absolute Gasteiger partial charge is 0.394 e. The van der Waals surface area contributed by atoms with Crippen LogP contribution in [0, 0.1) is 45.3 Å². The molecule has 26 atom stereocenters. The van der Waals surface area contributed by atoms with Gasteiger partial charge in [0.25, 0.3) is 0 Å². The molecule has 7 aliphatic rings. The molecular weight excluding hydrogens is 881 g/mol. The summed E-state index contributed by atoms with van der Waals surface area (Å²) in [5, 5.41) is 142. The SMILES string of the molecule is CC(C)=CCC[C@@](C)(O[C@@H]1O[C@H](CO)[C@@H](O)[C@H](O)[C@H]1O)[C@H]1CC[C@]2(C)[C@@H]1[C@H](O)C[C@@H]1[C@@]3(C)CCC(O)C(C)(C)[C@@H]3C(O[C@@H]3O[C@H](CO)[C@@H](O)[C@H](O)[C@H]3O[C@@H]3O[C@H](CO)[C@@H](O)[C@H](O)[C@H]3O)C[C@]12C. The first-order chi connectivity index (χ1) is 31.3. The van der Waals surface area contributed by atoms with Crippen molar-refractivity contribution in [2.75, 3.05) is 19.8 Å². The van der Waals surface area contributed by atoms with Gasteiger partial charge in [-0.3, -0.25) is 0 Å². The molecule has 13 N–H and O–H groups in total. The molecule has 67 heavy (non-hydrogen) atoms. The van der Waals surface area contributed by atoms with Gasteiger partial charge in [-0.2, -0.15) is 0 Å². The Morgan fingerprint density at radius 2 is 1.18 bits per heavy atom. The highest BCUT2D eigenvalue weighted by atomic mass is 16.8. The van der Waals surface area contributed by atoms with E-state index in [-0.39, 0.29) is 17.8 Å². The molecule has 3 aliphatic heterocycles. The number of rotatable bonds is 13. The van der Waals surface area contributed by atoms with E-state index in [1.165, 1.54) is 0 Å². The topological polar surface area (TPSA) is 318 Å². The Morgan fingerprint density at radius 1 is 0.642 bits per heavy atom. The lowest BCUT2D eigenvalue weighted by Gasteiger charge is -2.72. The van der Waals surface area contributed by atoms with Gasteiger partial charge in [-0.1, -0.05) is 46.3 Å². The summed E-state index contributed by atoms with van der Waals surface area (Å²) in [6, 6.07) is 0. The van der Waals surface area contributed by atoms with Gasteiger partial charge in [-0.25, -0.2) is 0 Å². The van der Waals surface area contributed by atoms with Crippen molar-refractivity contribution in [1.29, 1.82) is 0 Å². The lowest BCUT2D eigenvalue weighted by atomic mass is 9.34. The molecule has 19 heteroatoms. The van der Waals surface area contributed by atoms with Crippen LogP contribution in [-0.2, 0) is 28.4 Å². The minimum atomic E-state index is -1.86. The molecule has 0 aromatic rings. The van der Waals surface area contributed by atoms with E-state index in [1.807, 2.05) is 34.6 Å². The Morgan fingerprint density at radius 3 is 1.75 bits per heavy atom. The van der Waals surface area contributed by atoms with E-state index >= 15 is 0 Å². The number of hydrogen-bond acceptors (Lipinski definition) is 19. The van der Waals surface area contributed by atoms with Crippen LogP contribution in [0.15, 0.2) is 11.6 Å². The molecule has 3 heterocycles. The van der Waals surface area contributed by atoms with Crippen molar-refractivity contribution in [3.8, 4) is 0 Å². The number of allylic oxidation sites excluding steroid dienone is 2. The quantitative estimate of drug-likeness (QED) is 0.0773. The van der Waals surface area contributed by atoms with Crippen LogP contribution in [0.2, 0.25) is 0 Å². The molecule has 0 aromatic carbocycles. The Bertz CT molecular complexity index is 1710. The van der Waals surface area contributed by atoms with Crippen LogP contribution in [-0.4, -0.2) is 202 Å². The average Bonchev–Trinajstić information content (AvgIpc) is 3.66. The average molecular weight is 963 g/mol. The molecule has 4 saturated carbocycles. The zero-order chi connectivity index (χ0) is 49.5. The molecule has 0 amide bonds. The third-order valence-corrected chi connectivity index (χ3v) is 18.7. The molecule has 7 rings (SSSR count). The summed E-state index contributed by atoms with van der Waals surface area (Å²) in [6.45, 7) is 14.4. The van der Waals surface area contributed by atoms with Gasteiger partial charge in [0.05, 0.1) is 43.7 Å². The Balaban J connectivity index is 1.27. The van der Waals surface area contributed by atoms with Crippen molar-refractivity contribution in [3.05, 3.63) is 11.6 Å². The maximum atomic E-state index is 12.7. The zero-order valence-corrected chi connectivity index (χ0v) is 40.3. The smallest absolute Gasteiger partial charge is 0.187 e. The van der Waals surface area contributed by atoms with Gasteiger partial charge in [0, 0.05) is 0 Å². The van der Waals surface area contributed by atoms with E-state index in [1.54, 1.807) is 0 Å². The number of fused-ring (bicyclic) bond motifs is 5. The fourth-order valence-electron chi connectivity index (χ4n) is 14.9. The van der Waals surface area contributed by atoms with Gasteiger partial charge < -0.3 is 94.8 Å². The molecule has 0 aromatic heterocycles. The lowest BCUT2D eigenvalue weighted by molar-refractivity contribution is -0.383. The number of aliphatic hydroxyl groups excluding tert-OH is 13. The second kappa shape index (κ2) is 19.8. The molecule has 0 spiro atoms. The van der Waals surface area contributed by atoms with Crippen molar-refractivity contribution in [2.24, 2.45) is 45.3 Å². The first kappa shape index (κ1) is 53.8. The van der Waals surface area contributed by atoms with Crippen molar-refractivity contribution < 1.29 is 94.8 Å². The van der Waals surface area contributed by atoms with E-state index in [4.69, 9.17) is 28.4 Å². The van der Waals surface area contributed by atoms with Crippen LogP contribution in [0.3, 0.4) is 0 Å². The standard InChI is InChI=1S/C48H82O19/c1-21(2)10-9-13-48(8,67-42-38(61)35(58)32(55)26(19-50)64-42)22-11-15-46(6)30(22)23(52)16-28-45(5)14-12-29(53)44(3,4)40(45)24(17-47(28,46)7)62-43-39(36(59)33(56)27(20-51)65-43)66-41-37(60)34(57)31(54)25(18-49)63-41/h10,22-43,49-61H,9,11-20H2,1-8H3/t22-,23+,24?,25+,26+,27+,28+,29?,30-,31+,32+,33+,34-,35-,36-,37+,38+,39+,40-,41-,42-,43+,45+,46+,47+,48+/m0/s1. The van der Waals surface area contributed by atoms with Gasteiger partial charge in [-0.15, -0.1) is 0 Å². The highest BCUT2D eigenvalue weighted by Gasteiger charge is 2.74. The molecular formula is C48H82O19. The van der Waals surface area contributed by atoms with Crippen LogP contribution in [0.5, 0.6) is 0 Å². The molecule has 19 nitrogen and oxygen atoms in total. The van der Waals surface area contributed by atoms with E-state index in [0.29, 0.717) is 51.4 Å². The first-order valence-corrected chi connectivity index (χ1v) is 24.5. The van der Waals surface area contributed by atoms with Crippen LogP contribution in [0.1, 0.15) is 107 Å².